The van der Waals surface area contributed by atoms with Crippen LogP contribution in [0.25, 0.3) is 0 Å². The van der Waals surface area contributed by atoms with E-state index < -0.39 is 0 Å². The van der Waals surface area contributed by atoms with E-state index in [1.165, 1.54) is 18.1 Å². The fourth-order valence-corrected chi connectivity index (χ4v) is 8.78. The van der Waals surface area contributed by atoms with Crippen LogP contribution in [-0.4, -0.2) is 55.4 Å². The summed E-state index contributed by atoms with van der Waals surface area (Å²) in [4.78, 5) is 6.87. The number of hydrogen-bond donors (Lipinski definition) is 0. The molecule has 0 spiro atoms. The maximum absolute atomic E-state index is 6.71. The summed E-state index contributed by atoms with van der Waals surface area (Å²) in [5.74, 6) is 2.33. The number of aliphatic imine (C=N–C) groups is 1. The van der Waals surface area contributed by atoms with Gasteiger partial charge in [0.15, 0.2) is 11.6 Å². The molecule has 0 bridgehead atoms. The first-order chi connectivity index (χ1) is 17.8. The molecule has 1 aromatic carbocycles. The predicted molar refractivity (Wildman–Crippen MR) is 161 cm³/mol. The summed E-state index contributed by atoms with van der Waals surface area (Å²) in [7, 11) is 1.49. The summed E-state index contributed by atoms with van der Waals surface area (Å²) < 4.78 is 18.2. The highest BCUT2D eigenvalue weighted by Crippen LogP contribution is 2.54. The van der Waals surface area contributed by atoms with E-state index in [9.17, 15) is 0 Å². The van der Waals surface area contributed by atoms with Gasteiger partial charge in [0.2, 0.25) is 0 Å². The van der Waals surface area contributed by atoms with E-state index in [1.807, 2.05) is 6.92 Å². The average Bonchev–Trinajstić information content (AvgIpc) is 3.69. The topological polar surface area (TPSA) is 43.3 Å². The van der Waals surface area contributed by atoms with Gasteiger partial charge in [-0.3, -0.25) is 0 Å². The number of hydrogen-bond acceptors (Lipinski definition) is 6. The van der Waals surface area contributed by atoms with Gasteiger partial charge < -0.3 is 19.1 Å². The van der Waals surface area contributed by atoms with Crippen LogP contribution >= 0.6 is 30.1 Å². The van der Waals surface area contributed by atoms with Crippen LogP contribution < -0.4 is 5.30 Å². The second kappa shape index (κ2) is 15.3. The van der Waals surface area contributed by atoms with Crippen LogP contribution in [0.1, 0.15) is 71.8 Å². The molecule has 1 aliphatic carbocycles. The summed E-state index contributed by atoms with van der Waals surface area (Å²) >= 11 is 8.83. The Morgan fingerprint density at radius 1 is 1.24 bits per heavy atom. The highest BCUT2D eigenvalue weighted by atomic mass is 35.5. The van der Waals surface area contributed by atoms with Crippen LogP contribution in [0, 0.1) is 0 Å². The Hall–Kier alpha value is -1.36. The normalized spacial score (nSPS) is 18.8. The van der Waals surface area contributed by atoms with E-state index in [-0.39, 0.29) is 19.3 Å². The van der Waals surface area contributed by atoms with Crippen molar-refractivity contribution in [2.24, 2.45) is 4.99 Å². The number of likely N-dealkylation sites (tertiary alicyclic amines) is 1. The van der Waals surface area contributed by atoms with Crippen molar-refractivity contribution in [3.8, 4) is 0 Å². The van der Waals surface area contributed by atoms with Gasteiger partial charge in [0.25, 0.3) is 5.88 Å². The molecular formula is C29H44ClN2O3PS. The zero-order valence-corrected chi connectivity index (χ0v) is 25.8. The molecule has 2 fully saturated rings. The molecule has 3 rings (SSSR count). The number of halogens is 1. The van der Waals surface area contributed by atoms with E-state index in [2.05, 4.69) is 73.0 Å². The molecule has 5 nitrogen and oxygen atoms in total. The molecule has 206 valence electrons. The number of rotatable bonds is 14. The number of methoxy groups -OCH3 is 1. The zero-order valence-electron chi connectivity index (χ0n) is 23.3. The van der Waals surface area contributed by atoms with E-state index >= 15 is 0 Å². The minimum Gasteiger partial charge on any atom is -0.495 e. The lowest BCUT2D eigenvalue weighted by molar-refractivity contribution is 0.0128. The first-order valence-corrected chi connectivity index (χ1v) is 17.2. The molecule has 37 heavy (non-hydrogen) atoms. The van der Waals surface area contributed by atoms with E-state index in [0.29, 0.717) is 12.3 Å². The number of allylic oxidation sites excluding steroid dienone is 2. The van der Waals surface area contributed by atoms with Crippen LogP contribution in [0.2, 0.25) is 5.02 Å². The second-order valence-corrected chi connectivity index (χ2v) is 14.9. The van der Waals surface area contributed by atoms with Gasteiger partial charge in [-0.05, 0) is 83.3 Å². The summed E-state index contributed by atoms with van der Waals surface area (Å²) in [6.45, 7) is 12.3. The SMILES string of the molecule is C/C=N\C(OC1CCN(/C(=C\CC)OC(C)C)CC1)=C(/CCc1ccc(P(C)SC2CC2)cc1Cl)OC. The Balaban J connectivity index is 1.60. The van der Waals surface area contributed by atoms with Crippen molar-refractivity contribution in [2.45, 2.75) is 90.1 Å². The van der Waals surface area contributed by atoms with Crippen LogP contribution in [0.3, 0.4) is 0 Å². The molecular weight excluding hydrogens is 523 g/mol. The predicted octanol–water partition coefficient (Wildman–Crippen LogP) is 7.88. The molecule has 0 amide bonds. The van der Waals surface area contributed by atoms with Gasteiger partial charge in [-0.25, -0.2) is 4.99 Å². The number of aryl methyl sites for hydroxylation is 1. The highest BCUT2D eigenvalue weighted by Gasteiger charge is 2.26. The fraction of sp³-hybridized carbons (Fsp3) is 0.621. The molecule has 1 aliphatic heterocycles. The van der Waals surface area contributed by atoms with Crippen molar-refractivity contribution >= 4 is 41.6 Å². The molecule has 1 aromatic rings. The third-order valence-electron chi connectivity index (χ3n) is 6.35. The fourth-order valence-electron chi connectivity index (χ4n) is 4.24. The summed E-state index contributed by atoms with van der Waals surface area (Å²) in [5, 5.41) is 3.06. The Morgan fingerprint density at radius 2 is 1.97 bits per heavy atom. The lowest BCUT2D eigenvalue weighted by Crippen LogP contribution is -2.37. The lowest BCUT2D eigenvalue weighted by Gasteiger charge is -2.35. The molecule has 0 radical (unpaired) electrons. The average molecular weight is 567 g/mol. The highest BCUT2D eigenvalue weighted by molar-refractivity contribution is 8.58. The third-order valence-corrected chi connectivity index (χ3v) is 11.3. The minimum atomic E-state index is -0.202. The van der Waals surface area contributed by atoms with Crippen molar-refractivity contribution in [3.63, 3.8) is 0 Å². The molecule has 8 heteroatoms. The Bertz CT molecular complexity index is 956. The molecule has 1 atom stereocenters. The van der Waals surface area contributed by atoms with Crippen LogP contribution in [0.4, 0.5) is 0 Å². The van der Waals surface area contributed by atoms with Crippen molar-refractivity contribution in [2.75, 3.05) is 26.9 Å². The van der Waals surface area contributed by atoms with Gasteiger partial charge >= 0.3 is 0 Å². The monoisotopic (exact) mass is 566 g/mol. The quantitative estimate of drug-likeness (QED) is 0.130. The van der Waals surface area contributed by atoms with Crippen LogP contribution in [0.5, 0.6) is 0 Å². The summed E-state index contributed by atoms with van der Waals surface area (Å²) in [5.41, 5.74) is 1.13. The molecule has 2 aliphatic rings. The summed E-state index contributed by atoms with van der Waals surface area (Å²) in [6.07, 6.45) is 11.2. The smallest absolute Gasteiger partial charge is 0.252 e. The molecule has 0 aromatic heterocycles. The largest absolute Gasteiger partial charge is 0.495 e. The van der Waals surface area contributed by atoms with E-state index in [4.69, 9.17) is 25.8 Å². The van der Waals surface area contributed by atoms with E-state index in [0.717, 1.165) is 66.3 Å². The minimum absolute atomic E-state index is 0.0951. The Kier molecular flexibility index (Phi) is 12.5. The number of piperidine rings is 1. The van der Waals surface area contributed by atoms with Crippen LogP contribution in [0.15, 0.2) is 46.8 Å². The van der Waals surface area contributed by atoms with Crippen LogP contribution in [-0.2, 0) is 20.6 Å². The van der Waals surface area contributed by atoms with Crippen molar-refractivity contribution < 1.29 is 14.2 Å². The molecule has 0 N–H and O–H groups in total. The zero-order chi connectivity index (χ0) is 26.8. The molecule has 1 saturated heterocycles. The van der Waals surface area contributed by atoms with Gasteiger partial charge in [0.1, 0.15) is 6.10 Å². The standard InChI is InChI=1S/C29H44ClN2O3PS/c1-7-9-28(34-21(3)4)32-18-16-23(17-19-32)35-29(31-8-2)27(33-5)15-11-22-10-12-24(20-26(22)30)36(6)37-25-13-14-25/h8-10,12,20-21,23,25H,7,11,13-19H2,1-6H3/b28-9+,29-27-,31-8-. The number of benzene rings is 1. The maximum atomic E-state index is 6.71. The second-order valence-electron chi connectivity index (χ2n) is 9.82. The van der Waals surface area contributed by atoms with Gasteiger partial charge in [-0.2, -0.15) is 0 Å². The van der Waals surface area contributed by atoms with Gasteiger partial charge in [0, 0.05) is 48.8 Å². The Labute approximate surface area is 234 Å². The lowest BCUT2D eigenvalue weighted by atomic mass is 10.1. The molecule has 1 heterocycles. The molecule has 1 saturated carbocycles. The van der Waals surface area contributed by atoms with Crippen molar-refractivity contribution in [1.82, 2.24) is 4.90 Å². The molecule has 1 unspecified atom stereocenters. The van der Waals surface area contributed by atoms with E-state index in [1.54, 1.807) is 13.3 Å². The van der Waals surface area contributed by atoms with Crippen molar-refractivity contribution in [3.05, 3.63) is 52.4 Å². The first-order valence-electron chi connectivity index (χ1n) is 13.6. The Morgan fingerprint density at radius 3 is 2.54 bits per heavy atom. The van der Waals surface area contributed by atoms with Gasteiger partial charge in [0.05, 0.1) is 13.2 Å². The number of ether oxygens (including phenoxy) is 3. The maximum Gasteiger partial charge on any atom is 0.252 e. The third kappa shape index (κ3) is 9.71. The number of nitrogens with zero attached hydrogens (tertiary/aromatic N) is 2. The van der Waals surface area contributed by atoms with Gasteiger partial charge in [-0.1, -0.05) is 30.7 Å². The first kappa shape index (κ1) is 30.2. The van der Waals surface area contributed by atoms with Gasteiger partial charge in [-0.15, -0.1) is 11.4 Å². The summed E-state index contributed by atoms with van der Waals surface area (Å²) in [6, 6.07) is 6.59. The van der Waals surface area contributed by atoms with Crippen molar-refractivity contribution in [1.29, 1.82) is 0 Å².